The number of rotatable bonds is 6. The van der Waals surface area contributed by atoms with Gasteiger partial charge in [-0.05, 0) is 31.2 Å². The fraction of sp³-hybridized carbons (Fsp3) is 0.222. The van der Waals surface area contributed by atoms with Crippen LogP contribution in [0.25, 0.3) is 0 Å². The third kappa shape index (κ3) is 4.80. The summed E-state index contributed by atoms with van der Waals surface area (Å²) >= 11 is 12.0. The van der Waals surface area contributed by atoms with Crippen molar-refractivity contribution in [2.75, 3.05) is 19.5 Å². The third-order valence-corrected chi connectivity index (χ3v) is 3.99. The first-order chi connectivity index (χ1) is 12.3. The molecule has 0 aliphatic carbocycles. The molecule has 0 unspecified atom stereocenters. The second-order valence-electron chi connectivity index (χ2n) is 5.24. The molecule has 8 heteroatoms. The lowest BCUT2D eigenvalue weighted by atomic mass is 10.2. The Hall–Kier alpha value is -2.44. The van der Waals surface area contributed by atoms with E-state index in [4.69, 9.17) is 37.4 Å². The van der Waals surface area contributed by atoms with Gasteiger partial charge in [-0.1, -0.05) is 29.3 Å². The summed E-state index contributed by atoms with van der Waals surface area (Å²) in [7, 11) is 2.94. The zero-order valence-electron chi connectivity index (χ0n) is 14.3. The Balaban J connectivity index is 2.05. The number of esters is 1. The molecule has 0 heterocycles. The largest absolute Gasteiger partial charge is 0.497 e. The summed E-state index contributed by atoms with van der Waals surface area (Å²) in [6.45, 7) is 1.46. The Bertz CT molecular complexity index is 802. The van der Waals surface area contributed by atoms with Crippen molar-refractivity contribution in [2.24, 2.45) is 0 Å². The number of ether oxygens (including phenoxy) is 3. The highest BCUT2D eigenvalue weighted by Gasteiger charge is 2.21. The molecule has 2 aromatic rings. The van der Waals surface area contributed by atoms with E-state index in [1.54, 1.807) is 24.3 Å². The van der Waals surface area contributed by atoms with Gasteiger partial charge >= 0.3 is 5.97 Å². The summed E-state index contributed by atoms with van der Waals surface area (Å²) in [6, 6.07) is 9.54. The van der Waals surface area contributed by atoms with E-state index in [2.05, 4.69) is 5.32 Å². The van der Waals surface area contributed by atoms with Gasteiger partial charge in [-0.2, -0.15) is 0 Å². The number of amides is 1. The van der Waals surface area contributed by atoms with Gasteiger partial charge in [-0.25, -0.2) is 4.79 Å². The van der Waals surface area contributed by atoms with Crippen molar-refractivity contribution in [3.63, 3.8) is 0 Å². The Morgan fingerprint density at radius 2 is 1.69 bits per heavy atom. The molecule has 0 fully saturated rings. The number of hydrogen-bond acceptors (Lipinski definition) is 5. The molecule has 0 aromatic heterocycles. The average Bonchev–Trinajstić information content (AvgIpc) is 2.61. The lowest BCUT2D eigenvalue weighted by molar-refractivity contribution is -0.123. The van der Waals surface area contributed by atoms with Crippen molar-refractivity contribution in [3.8, 4) is 11.5 Å². The topological polar surface area (TPSA) is 73.9 Å². The number of carbonyl (C=O) groups is 2. The first-order valence-corrected chi connectivity index (χ1v) is 8.30. The van der Waals surface area contributed by atoms with E-state index in [0.29, 0.717) is 11.4 Å². The van der Waals surface area contributed by atoms with E-state index in [1.807, 2.05) is 0 Å². The summed E-state index contributed by atoms with van der Waals surface area (Å²) in [6.07, 6.45) is -1.03. The van der Waals surface area contributed by atoms with Gasteiger partial charge in [0.15, 0.2) is 11.9 Å². The van der Waals surface area contributed by atoms with Crippen LogP contribution in [0.4, 0.5) is 5.69 Å². The summed E-state index contributed by atoms with van der Waals surface area (Å²) in [5.74, 6) is -0.370. The van der Waals surface area contributed by atoms with Gasteiger partial charge in [0, 0.05) is 11.8 Å². The molecule has 2 rings (SSSR count). The maximum atomic E-state index is 12.2. The van der Waals surface area contributed by atoms with Gasteiger partial charge in [0.25, 0.3) is 5.91 Å². The maximum Gasteiger partial charge on any atom is 0.339 e. The van der Waals surface area contributed by atoms with Crippen molar-refractivity contribution in [1.82, 2.24) is 0 Å². The zero-order valence-corrected chi connectivity index (χ0v) is 15.9. The Kier molecular flexibility index (Phi) is 6.71. The predicted molar refractivity (Wildman–Crippen MR) is 99.5 cm³/mol. The number of anilines is 1. The predicted octanol–water partition coefficient (Wildman–Crippen LogP) is 4.19. The molecule has 6 nitrogen and oxygen atoms in total. The summed E-state index contributed by atoms with van der Waals surface area (Å²) in [5, 5.41) is 2.98. The van der Waals surface area contributed by atoms with E-state index in [9.17, 15) is 9.59 Å². The minimum atomic E-state index is -1.03. The zero-order chi connectivity index (χ0) is 19.3. The van der Waals surface area contributed by atoms with Gasteiger partial charge in [0.2, 0.25) is 0 Å². The first-order valence-electron chi connectivity index (χ1n) is 7.54. The molecule has 0 saturated carbocycles. The smallest absolute Gasteiger partial charge is 0.339 e. The van der Waals surface area contributed by atoms with Crippen LogP contribution in [0.15, 0.2) is 36.4 Å². The van der Waals surface area contributed by atoms with Crippen LogP contribution in [-0.4, -0.2) is 32.2 Å². The molecule has 2 aromatic carbocycles. The average molecular weight is 398 g/mol. The number of nitrogens with one attached hydrogen (secondary N) is 1. The lowest BCUT2D eigenvalue weighted by Gasteiger charge is -2.15. The van der Waals surface area contributed by atoms with E-state index in [-0.39, 0.29) is 21.4 Å². The highest BCUT2D eigenvalue weighted by molar-refractivity contribution is 6.37. The van der Waals surface area contributed by atoms with Crippen molar-refractivity contribution < 1.29 is 23.8 Å². The molecular formula is C18H17Cl2NO5. The molecule has 0 aliphatic heterocycles. The van der Waals surface area contributed by atoms with Crippen LogP contribution < -0.4 is 14.8 Å². The molecule has 0 spiro atoms. The monoisotopic (exact) mass is 397 g/mol. The van der Waals surface area contributed by atoms with Gasteiger partial charge in [-0.3, -0.25) is 4.79 Å². The van der Waals surface area contributed by atoms with E-state index in [0.717, 1.165) is 0 Å². The number of halogens is 2. The minimum Gasteiger partial charge on any atom is -0.497 e. The molecule has 0 radical (unpaired) electrons. The van der Waals surface area contributed by atoms with Crippen molar-refractivity contribution in [3.05, 3.63) is 52.0 Å². The summed E-state index contributed by atoms with van der Waals surface area (Å²) < 4.78 is 15.3. The quantitative estimate of drug-likeness (QED) is 0.739. The number of carbonyl (C=O) groups excluding carboxylic acids is 2. The molecule has 0 aliphatic rings. The second-order valence-corrected chi connectivity index (χ2v) is 6.06. The van der Waals surface area contributed by atoms with Crippen LogP contribution in [0.2, 0.25) is 10.0 Å². The van der Waals surface area contributed by atoms with Crippen LogP contribution >= 0.6 is 23.2 Å². The SMILES string of the molecule is COc1cccc(NC(=O)[C@H](C)OC(=O)c2cc(Cl)c(OC)c(Cl)c2)c1. The lowest BCUT2D eigenvalue weighted by Crippen LogP contribution is -2.30. The Morgan fingerprint density at radius 1 is 1.04 bits per heavy atom. The molecular weight excluding hydrogens is 381 g/mol. The molecule has 0 bridgehead atoms. The van der Waals surface area contributed by atoms with Crippen molar-refractivity contribution in [1.29, 1.82) is 0 Å². The summed E-state index contributed by atoms with van der Waals surface area (Å²) in [4.78, 5) is 24.4. The van der Waals surface area contributed by atoms with Crippen LogP contribution in [0, 0.1) is 0 Å². The Labute approximate surface area is 160 Å². The van der Waals surface area contributed by atoms with Crippen LogP contribution in [0.3, 0.4) is 0 Å². The van der Waals surface area contributed by atoms with Gasteiger partial charge in [0.05, 0.1) is 29.8 Å². The number of hydrogen-bond donors (Lipinski definition) is 1. The van der Waals surface area contributed by atoms with Crippen LogP contribution in [-0.2, 0) is 9.53 Å². The minimum absolute atomic E-state index is 0.113. The molecule has 0 saturated heterocycles. The van der Waals surface area contributed by atoms with Gasteiger partial charge < -0.3 is 19.5 Å². The first kappa shape index (κ1) is 19.9. The molecule has 26 heavy (non-hydrogen) atoms. The van der Waals surface area contributed by atoms with Crippen LogP contribution in [0.1, 0.15) is 17.3 Å². The van der Waals surface area contributed by atoms with Crippen LogP contribution in [0.5, 0.6) is 11.5 Å². The molecule has 138 valence electrons. The van der Waals surface area contributed by atoms with E-state index in [1.165, 1.54) is 33.3 Å². The Morgan fingerprint density at radius 3 is 2.27 bits per heavy atom. The fourth-order valence-electron chi connectivity index (χ4n) is 2.10. The highest BCUT2D eigenvalue weighted by Crippen LogP contribution is 2.34. The highest BCUT2D eigenvalue weighted by atomic mass is 35.5. The van der Waals surface area contributed by atoms with Crippen molar-refractivity contribution >= 4 is 40.8 Å². The molecule has 1 amide bonds. The number of benzene rings is 2. The summed E-state index contributed by atoms with van der Waals surface area (Å²) in [5.41, 5.74) is 0.634. The molecule has 1 N–H and O–H groups in total. The van der Waals surface area contributed by atoms with Gasteiger partial charge in [0.1, 0.15) is 5.75 Å². The third-order valence-electron chi connectivity index (χ3n) is 3.43. The second kappa shape index (κ2) is 8.78. The van der Waals surface area contributed by atoms with E-state index < -0.39 is 18.0 Å². The van der Waals surface area contributed by atoms with Crippen molar-refractivity contribution in [2.45, 2.75) is 13.0 Å². The van der Waals surface area contributed by atoms with Gasteiger partial charge in [-0.15, -0.1) is 0 Å². The standard InChI is InChI=1S/C18H17Cl2NO5/c1-10(17(22)21-12-5-4-6-13(9-12)24-2)26-18(23)11-7-14(19)16(25-3)15(20)8-11/h4-10H,1-3H3,(H,21,22)/t10-/m0/s1. The molecule has 1 atom stereocenters. The number of methoxy groups -OCH3 is 2. The fourth-order valence-corrected chi connectivity index (χ4v) is 2.74. The van der Waals surface area contributed by atoms with E-state index >= 15 is 0 Å². The normalized spacial score (nSPS) is 11.4. The maximum absolute atomic E-state index is 12.2.